The lowest BCUT2D eigenvalue weighted by molar-refractivity contribution is 0.0488. The average Bonchev–Trinajstić information content (AvgIpc) is 2.98. The zero-order valence-electron chi connectivity index (χ0n) is 13.1. The fourth-order valence-corrected chi connectivity index (χ4v) is 2.30. The van der Waals surface area contributed by atoms with E-state index in [0.717, 1.165) is 16.7 Å². The quantitative estimate of drug-likeness (QED) is 0.677. The highest BCUT2D eigenvalue weighted by molar-refractivity contribution is 5.90. The van der Waals surface area contributed by atoms with Crippen molar-refractivity contribution in [1.29, 1.82) is 0 Å². The molecular formula is C17H18N4O2. The van der Waals surface area contributed by atoms with Crippen molar-refractivity contribution < 1.29 is 9.53 Å². The summed E-state index contributed by atoms with van der Waals surface area (Å²) < 4.78 is 7.07. The third-order valence-electron chi connectivity index (χ3n) is 3.55. The van der Waals surface area contributed by atoms with Crippen molar-refractivity contribution in [3.05, 3.63) is 54.1 Å². The molecule has 1 aromatic heterocycles. The molecule has 0 bridgehead atoms. The number of ether oxygens (including phenoxy) is 1. The molecule has 23 heavy (non-hydrogen) atoms. The Morgan fingerprint density at radius 1 is 1.17 bits per heavy atom. The molecule has 118 valence electrons. The van der Waals surface area contributed by atoms with Crippen LogP contribution in [0.5, 0.6) is 0 Å². The number of rotatable bonds is 5. The molecule has 0 radical (unpaired) electrons. The lowest BCUT2D eigenvalue weighted by Gasteiger charge is -2.13. The molecule has 6 heteroatoms. The number of carbonyl (C=O) groups is 1. The Hall–Kier alpha value is -2.89. The summed E-state index contributed by atoms with van der Waals surface area (Å²) in [5.74, 6) is -0.335. The summed E-state index contributed by atoms with van der Waals surface area (Å²) in [6, 6.07) is 15.0. The fourth-order valence-electron chi connectivity index (χ4n) is 2.30. The van der Waals surface area contributed by atoms with Crippen LogP contribution in [0.25, 0.3) is 11.0 Å². The van der Waals surface area contributed by atoms with Crippen LogP contribution < -0.4 is 4.90 Å². The Kier molecular flexibility index (Phi) is 4.23. The van der Waals surface area contributed by atoms with Gasteiger partial charge in [-0.05, 0) is 30.3 Å². The number of esters is 1. The molecule has 0 saturated heterocycles. The highest BCUT2D eigenvalue weighted by atomic mass is 16.5. The Morgan fingerprint density at radius 3 is 2.83 bits per heavy atom. The zero-order chi connectivity index (χ0) is 16.2. The van der Waals surface area contributed by atoms with Crippen LogP contribution in [0, 0.1) is 0 Å². The van der Waals surface area contributed by atoms with Crippen LogP contribution in [0.2, 0.25) is 0 Å². The molecule has 0 unspecified atom stereocenters. The number of hydrogen-bond acceptors (Lipinski definition) is 5. The minimum absolute atomic E-state index is 0.248. The molecule has 0 aliphatic rings. The second-order valence-corrected chi connectivity index (χ2v) is 5.38. The van der Waals surface area contributed by atoms with Crippen LogP contribution in [-0.2, 0) is 11.3 Å². The summed E-state index contributed by atoms with van der Waals surface area (Å²) >= 11 is 0. The summed E-state index contributed by atoms with van der Waals surface area (Å²) in [5, 5.41) is 8.14. The van der Waals surface area contributed by atoms with Gasteiger partial charge in [0.1, 0.15) is 12.1 Å². The maximum Gasteiger partial charge on any atom is 0.338 e. The minimum Gasteiger partial charge on any atom is -0.460 e. The first-order valence-electron chi connectivity index (χ1n) is 7.38. The summed E-state index contributed by atoms with van der Waals surface area (Å²) in [4.78, 5) is 14.1. The van der Waals surface area contributed by atoms with Crippen molar-refractivity contribution in [1.82, 2.24) is 15.0 Å². The van der Waals surface area contributed by atoms with Crippen molar-refractivity contribution >= 4 is 22.7 Å². The van der Waals surface area contributed by atoms with E-state index in [2.05, 4.69) is 10.3 Å². The number of nitrogens with zero attached hydrogens (tertiary/aromatic N) is 4. The van der Waals surface area contributed by atoms with Gasteiger partial charge < -0.3 is 9.64 Å². The van der Waals surface area contributed by atoms with Gasteiger partial charge in [-0.15, -0.1) is 5.10 Å². The summed E-state index contributed by atoms with van der Waals surface area (Å²) in [7, 11) is 3.86. The van der Waals surface area contributed by atoms with E-state index in [-0.39, 0.29) is 12.6 Å². The highest BCUT2D eigenvalue weighted by Crippen LogP contribution is 2.14. The minimum atomic E-state index is -0.335. The van der Waals surface area contributed by atoms with Crippen molar-refractivity contribution in [2.24, 2.45) is 0 Å². The van der Waals surface area contributed by atoms with Gasteiger partial charge in [0, 0.05) is 19.8 Å². The summed E-state index contributed by atoms with van der Waals surface area (Å²) in [5.41, 5.74) is 3.26. The Balaban J connectivity index is 1.62. The molecular weight excluding hydrogens is 292 g/mol. The van der Waals surface area contributed by atoms with E-state index in [1.54, 1.807) is 10.7 Å². The normalized spacial score (nSPS) is 10.7. The molecule has 0 N–H and O–H groups in total. The Bertz CT molecular complexity index is 826. The van der Waals surface area contributed by atoms with Crippen LogP contribution in [-0.4, -0.2) is 41.7 Å². The molecule has 3 aromatic rings. The molecule has 0 aliphatic carbocycles. The Morgan fingerprint density at radius 2 is 2.00 bits per heavy atom. The van der Waals surface area contributed by atoms with Crippen molar-refractivity contribution in [3.8, 4) is 0 Å². The smallest absolute Gasteiger partial charge is 0.338 e. The first-order valence-corrected chi connectivity index (χ1v) is 7.38. The predicted molar refractivity (Wildman–Crippen MR) is 88.6 cm³/mol. The van der Waals surface area contributed by atoms with E-state index in [4.69, 9.17) is 4.74 Å². The largest absolute Gasteiger partial charge is 0.460 e. The van der Waals surface area contributed by atoms with Gasteiger partial charge in [-0.3, -0.25) is 0 Å². The van der Waals surface area contributed by atoms with Gasteiger partial charge in [0.15, 0.2) is 0 Å². The molecule has 0 atom stereocenters. The molecule has 0 amide bonds. The van der Waals surface area contributed by atoms with Crippen molar-refractivity contribution in [2.75, 3.05) is 25.6 Å². The first kappa shape index (κ1) is 15.0. The Labute approximate surface area is 134 Å². The number of hydrogen-bond donors (Lipinski definition) is 0. The number of benzene rings is 2. The third-order valence-corrected chi connectivity index (χ3v) is 3.55. The number of para-hydroxylation sites is 1. The molecule has 6 nitrogen and oxygen atoms in total. The van der Waals surface area contributed by atoms with Gasteiger partial charge in [0.05, 0.1) is 17.6 Å². The summed E-state index contributed by atoms with van der Waals surface area (Å²) in [6.45, 7) is 0.720. The third kappa shape index (κ3) is 3.31. The van der Waals surface area contributed by atoms with Gasteiger partial charge in [-0.25, -0.2) is 9.48 Å². The first-order chi connectivity index (χ1) is 11.1. The summed E-state index contributed by atoms with van der Waals surface area (Å²) in [6.07, 6.45) is 0. The number of anilines is 1. The van der Waals surface area contributed by atoms with E-state index in [0.29, 0.717) is 12.1 Å². The van der Waals surface area contributed by atoms with E-state index >= 15 is 0 Å². The fraction of sp³-hybridized carbons (Fsp3) is 0.235. The maximum absolute atomic E-state index is 12.1. The van der Waals surface area contributed by atoms with Crippen LogP contribution in [0.3, 0.4) is 0 Å². The molecule has 2 aromatic carbocycles. The van der Waals surface area contributed by atoms with Gasteiger partial charge in [0.2, 0.25) is 0 Å². The predicted octanol–water partition coefficient (Wildman–Crippen LogP) is 2.35. The average molecular weight is 310 g/mol. The van der Waals surface area contributed by atoms with Gasteiger partial charge in [-0.1, -0.05) is 23.4 Å². The number of carbonyl (C=O) groups excluding carboxylic acids is 1. The molecule has 0 saturated carbocycles. The molecule has 0 fully saturated rings. The topological polar surface area (TPSA) is 60.2 Å². The molecule has 0 aliphatic heterocycles. The van der Waals surface area contributed by atoms with Gasteiger partial charge in [-0.2, -0.15) is 0 Å². The van der Waals surface area contributed by atoms with E-state index in [1.165, 1.54) is 0 Å². The highest BCUT2D eigenvalue weighted by Gasteiger charge is 2.09. The standard InChI is InChI=1S/C17H18N4O2/c1-20(2)14-7-5-6-13(12-14)17(22)23-11-10-21-16-9-4-3-8-15(16)18-19-21/h3-9,12H,10-11H2,1-2H3. The lowest BCUT2D eigenvalue weighted by atomic mass is 10.2. The lowest BCUT2D eigenvalue weighted by Crippen LogP contribution is -2.14. The second-order valence-electron chi connectivity index (χ2n) is 5.38. The van der Waals surface area contributed by atoms with E-state index in [9.17, 15) is 4.79 Å². The van der Waals surface area contributed by atoms with Crippen molar-refractivity contribution in [3.63, 3.8) is 0 Å². The number of aromatic nitrogens is 3. The number of fused-ring (bicyclic) bond motifs is 1. The van der Waals surface area contributed by atoms with E-state index in [1.807, 2.05) is 61.5 Å². The van der Waals surface area contributed by atoms with Crippen LogP contribution in [0.4, 0.5) is 5.69 Å². The van der Waals surface area contributed by atoms with Crippen molar-refractivity contribution in [2.45, 2.75) is 6.54 Å². The molecule has 1 heterocycles. The SMILES string of the molecule is CN(C)c1cccc(C(=O)OCCn2nnc3ccccc32)c1. The maximum atomic E-state index is 12.1. The second kappa shape index (κ2) is 6.48. The molecule has 3 rings (SSSR count). The monoisotopic (exact) mass is 310 g/mol. The van der Waals surface area contributed by atoms with E-state index < -0.39 is 0 Å². The van der Waals surface area contributed by atoms with Gasteiger partial charge in [0.25, 0.3) is 0 Å². The zero-order valence-corrected chi connectivity index (χ0v) is 13.1. The molecule has 0 spiro atoms. The van der Waals surface area contributed by atoms with Gasteiger partial charge >= 0.3 is 5.97 Å². The van der Waals surface area contributed by atoms with Crippen LogP contribution in [0.1, 0.15) is 10.4 Å². The van der Waals surface area contributed by atoms with Crippen LogP contribution in [0.15, 0.2) is 48.5 Å². The van der Waals surface area contributed by atoms with Crippen LogP contribution >= 0.6 is 0 Å².